The highest BCUT2D eigenvalue weighted by Gasteiger charge is 2.33. The number of anilines is 1. The van der Waals surface area contributed by atoms with Crippen molar-refractivity contribution in [3.05, 3.63) is 16.6 Å². The quantitative estimate of drug-likeness (QED) is 0.811. The molecule has 1 aromatic rings. The van der Waals surface area contributed by atoms with E-state index >= 15 is 0 Å². The molecule has 0 aliphatic carbocycles. The van der Waals surface area contributed by atoms with Crippen LogP contribution in [0.4, 0.5) is 5.69 Å². The summed E-state index contributed by atoms with van der Waals surface area (Å²) in [6, 6.07) is 0. The largest absolute Gasteiger partial charge is 0.396 e. The topological polar surface area (TPSA) is 66.3 Å². The first-order valence-corrected chi connectivity index (χ1v) is 5.46. The summed E-state index contributed by atoms with van der Waals surface area (Å²) in [5, 5.41) is 9.30. The van der Waals surface area contributed by atoms with E-state index in [0.717, 1.165) is 0 Å². The van der Waals surface area contributed by atoms with Gasteiger partial charge in [-0.2, -0.15) is 0 Å². The lowest BCUT2D eigenvalue weighted by molar-refractivity contribution is -0.117. The molecule has 1 amide bonds. The van der Waals surface area contributed by atoms with E-state index in [-0.39, 0.29) is 35.2 Å². The number of amides is 1. The number of hydrogen-bond donors (Lipinski definition) is 1. The van der Waals surface area contributed by atoms with Gasteiger partial charge >= 0.3 is 0 Å². The van der Waals surface area contributed by atoms with Gasteiger partial charge in [0, 0.05) is 25.5 Å². The maximum absolute atomic E-state index is 11.7. The Hall–Kier alpha value is -0.910. The zero-order chi connectivity index (χ0) is 11.7. The molecule has 0 saturated carbocycles. The lowest BCUT2D eigenvalue weighted by atomic mass is 10.1. The van der Waals surface area contributed by atoms with Crippen LogP contribution < -0.4 is 4.90 Å². The van der Waals surface area contributed by atoms with Crippen molar-refractivity contribution in [2.24, 2.45) is 5.92 Å². The zero-order valence-electron chi connectivity index (χ0n) is 8.23. The van der Waals surface area contributed by atoms with Crippen LogP contribution in [0.2, 0.25) is 10.3 Å². The van der Waals surface area contributed by atoms with Crippen molar-refractivity contribution >= 4 is 34.8 Å². The third-order valence-corrected chi connectivity index (χ3v) is 3.02. The molecule has 0 spiro atoms. The number of halogens is 2. The first kappa shape index (κ1) is 11.6. The Morgan fingerprint density at radius 2 is 2.06 bits per heavy atom. The number of nitrogens with zero attached hydrogens (tertiary/aromatic N) is 3. The molecule has 0 aromatic carbocycles. The van der Waals surface area contributed by atoms with E-state index in [1.807, 2.05) is 0 Å². The fraction of sp³-hybridized carbons (Fsp3) is 0.444. The molecule has 2 rings (SSSR count). The molecule has 5 nitrogen and oxygen atoms in total. The minimum Gasteiger partial charge on any atom is -0.396 e. The number of carbonyl (C=O) groups excluding carboxylic acids is 1. The molecule has 1 atom stereocenters. The third-order valence-electron chi connectivity index (χ3n) is 2.47. The minimum absolute atomic E-state index is 0.0365. The van der Waals surface area contributed by atoms with Gasteiger partial charge in [-0.05, 0) is 0 Å². The zero-order valence-corrected chi connectivity index (χ0v) is 9.74. The van der Waals surface area contributed by atoms with E-state index in [0.29, 0.717) is 12.2 Å². The second kappa shape index (κ2) is 4.53. The summed E-state index contributed by atoms with van der Waals surface area (Å²) < 4.78 is 0. The molecule has 1 aliphatic heterocycles. The maximum Gasteiger partial charge on any atom is 0.227 e. The average molecular weight is 262 g/mol. The van der Waals surface area contributed by atoms with Gasteiger partial charge in [-0.15, -0.1) is 0 Å². The number of aromatic nitrogens is 2. The Kier molecular flexibility index (Phi) is 3.28. The molecule has 86 valence electrons. The van der Waals surface area contributed by atoms with Crippen molar-refractivity contribution in [3.63, 3.8) is 0 Å². The monoisotopic (exact) mass is 261 g/mol. The SMILES string of the molecule is O=C1CC(CO)CN1c1c(Cl)ncnc1Cl. The predicted molar refractivity (Wildman–Crippen MR) is 59.6 cm³/mol. The van der Waals surface area contributed by atoms with Crippen LogP contribution in [0.25, 0.3) is 0 Å². The van der Waals surface area contributed by atoms with E-state index in [2.05, 4.69) is 9.97 Å². The number of carbonyl (C=O) groups is 1. The summed E-state index contributed by atoms with van der Waals surface area (Å²) in [7, 11) is 0. The first-order chi connectivity index (χ1) is 7.63. The van der Waals surface area contributed by atoms with E-state index in [9.17, 15) is 4.79 Å². The Morgan fingerprint density at radius 1 is 1.44 bits per heavy atom. The molecular weight excluding hydrogens is 253 g/mol. The molecule has 2 heterocycles. The van der Waals surface area contributed by atoms with Crippen LogP contribution in [-0.4, -0.2) is 34.1 Å². The summed E-state index contributed by atoms with van der Waals surface area (Å²) in [6.45, 7) is 0.354. The highest BCUT2D eigenvalue weighted by molar-refractivity contribution is 6.38. The Labute approximate surface area is 102 Å². The number of aliphatic hydroxyl groups is 1. The fourth-order valence-corrected chi connectivity index (χ4v) is 2.20. The summed E-state index contributed by atoms with van der Waals surface area (Å²) in [6.07, 6.45) is 1.52. The van der Waals surface area contributed by atoms with Gasteiger partial charge in [0.1, 0.15) is 12.0 Å². The molecule has 0 radical (unpaired) electrons. The van der Waals surface area contributed by atoms with Crippen molar-refractivity contribution in [2.45, 2.75) is 6.42 Å². The van der Waals surface area contributed by atoms with Crippen molar-refractivity contribution < 1.29 is 9.90 Å². The van der Waals surface area contributed by atoms with Gasteiger partial charge in [-0.3, -0.25) is 4.79 Å². The molecule has 1 saturated heterocycles. The molecular formula is C9H9Cl2N3O2. The van der Waals surface area contributed by atoms with Crippen LogP contribution in [0.5, 0.6) is 0 Å². The van der Waals surface area contributed by atoms with Gasteiger partial charge in [0.15, 0.2) is 10.3 Å². The highest BCUT2D eigenvalue weighted by Crippen LogP contribution is 2.34. The predicted octanol–water partition coefficient (Wildman–Crippen LogP) is 1.13. The van der Waals surface area contributed by atoms with Crippen LogP contribution in [0.1, 0.15) is 6.42 Å². The van der Waals surface area contributed by atoms with Crippen LogP contribution in [0.15, 0.2) is 6.33 Å². The lowest BCUT2D eigenvalue weighted by Gasteiger charge is -2.17. The second-order valence-electron chi connectivity index (χ2n) is 3.56. The normalized spacial score (nSPS) is 20.6. The van der Waals surface area contributed by atoms with Crippen LogP contribution >= 0.6 is 23.2 Å². The Bertz CT molecular complexity index is 407. The standard InChI is InChI=1S/C9H9Cl2N3O2/c10-8-7(9(11)13-4-12-8)14-2-5(3-15)1-6(14)16/h4-5,15H,1-3H2. The molecule has 16 heavy (non-hydrogen) atoms. The van der Waals surface area contributed by atoms with Crippen LogP contribution in [-0.2, 0) is 4.79 Å². The highest BCUT2D eigenvalue weighted by atomic mass is 35.5. The van der Waals surface area contributed by atoms with Gasteiger partial charge in [-0.25, -0.2) is 9.97 Å². The molecule has 1 fully saturated rings. The van der Waals surface area contributed by atoms with Gasteiger partial charge in [0.25, 0.3) is 0 Å². The minimum atomic E-state index is -0.127. The summed E-state index contributed by atoms with van der Waals surface area (Å²) in [5.41, 5.74) is 0.326. The van der Waals surface area contributed by atoms with E-state index < -0.39 is 0 Å². The smallest absolute Gasteiger partial charge is 0.227 e. The molecule has 7 heteroatoms. The van der Waals surface area contributed by atoms with Gasteiger partial charge in [0.05, 0.1) is 0 Å². The van der Waals surface area contributed by atoms with Crippen molar-refractivity contribution in [2.75, 3.05) is 18.1 Å². The van der Waals surface area contributed by atoms with E-state index in [1.54, 1.807) is 0 Å². The Morgan fingerprint density at radius 3 is 2.56 bits per heavy atom. The van der Waals surface area contributed by atoms with E-state index in [1.165, 1.54) is 11.2 Å². The van der Waals surface area contributed by atoms with E-state index in [4.69, 9.17) is 28.3 Å². The van der Waals surface area contributed by atoms with Crippen molar-refractivity contribution in [1.29, 1.82) is 0 Å². The maximum atomic E-state index is 11.7. The van der Waals surface area contributed by atoms with Gasteiger partial charge < -0.3 is 10.0 Å². The Balaban J connectivity index is 2.35. The van der Waals surface area contributed by atoms with Crippen molar-refractivity contribution in [1.82, 2.24) is 9.97 Å². The van der Waals surface area contributed by atoms with Gasteiger partial charge in [0.2, 0.25) is 5.91 Å². The molecule has 1 aromatic heterocycles. The lowest BCUT2D eigenvalue weighted by Crippen LogP contribution is -2.26. The molecule has 0 bridgehead atoms. The van der Waals surface area contributed by atoms with Crippen LogP contribution in [0, 0.1) is 5.92 Å². The summed E-state index contributed by atoms with van der Waals surface area (Å²) >= 11 is 11.7. The van der Waals surface area contributed by atoms with Gasteiger partial charge in [-0.1, -0.05) is 23.2 Å². The second-order valence-corrected chi connectivity index (χ2v) is 4.28. The first-order valence-electron chi connectivity index (χ1n) is 4.70. The molecule has 1 aliphatic rings. The number of hydrogen-bond acceptors (Lipinski definition) is 4. The summed E-state index contributed by atoms with van der Waals surface area (Å²) in [4.78, 5) is 20.7. The fourth-order valence-electron chi connectivity index (χ4n) is 1.68. The summed E-state index contributed by atoms with van der Waals surface area (Å²) in [5.74, 6) is -0.211. The average Bonchev–Trinajstić information content (AvgIpc) is 2.60. The number of aliphatic hydroxyl groups excluding tert-OH is 1. The van der Waals surface area contributed by atoms with Crippen molar-refractivity contribution in [3.8, 4) is 0 Å². The van der Waals surface area contributed by atoms with Crippen LogP contribution in [0.3, 0.4) is 0 Å². The molecule has 1 N–H and O–H groups in total. The molecule has 1 unspecified atom stereocenters. The number of rotatable bonds is 2. The third kappa shape index (κ3) is 1.98.